The fraction of sp³-hybridized carbons (Fsp3) is 0.462. The summed E-state index contributed by atoms with van der Waals surface area (Å²) in [6.45, 7) is 2.56. The molecule has 4 nitrogen and oxygen atoms in total. The molecule has 1 aromatic carbocycles. The van der Waals surface area contributed by atoms with Crippen LogP contribution in [0.15, 0.2) is 30.3 Å². The smallest absolute Gasteiger partial charge is 0.327 e. The van der Waals surface area contributed by atoms with Gasteiger partial charge in [0.05, 0.1) is 7.11 Å². The van der Waals surface area contributed by atoms with Crippen LogP contribution in [0, 0.1) is 5.92 Å². The second kappa shape index (κ2) is 7.04. The predicted octanol–water partition coefficient (Wildman–Crippen LogP) is 1.12. The van der Waals surface area contributed by atoms with E-state index in [1.807, 2.05) is 37.3 Å². The molecule has 0 aromatic heterocycles. The van der Waals surface area contributed by atoms with Crippen LogP contribution in [0.1, 0.15) is 18.5 Å². The van der Waals surface area contributed by atoms with E-state index >= 15 is 0 Å². The third kappa shape index (κ3) is 4.17. The highest BCUT2D eigenvalue weighted by Crippen LogP contribution is 2.14. The lowest BCUT2D eigenvalue weighted by molar-refractivity contribution is -0.143. The Balaban J connectivity index is 2.71. The van der Waals surface area contributed by atoms with Gasteiger partial charge in [-0.3, -0.25) is 0 Å². The molecule has 0 radical (unpaired) electrons. The zero-order valence-electron chi connectivity index (χ0n) is 10.2. The lowest BCUT2D eigenvalue weighted by atomic mass is 10.1. The fourth-order valence-electron chi connectivity index (χ4n) is 1.48. The molecule has 1 aromatic rings. The lowest BCUT2D eigenvalue weighted by Crippen LogP contribution is -2.33. The molecular formula is C13H19NO3. The number of carbonyl (C=O) groups is 1. The summed E-state index contributed by atoms with van der Waals surface area (Å²) in [5.41, 5.74) is 0.865. The van der Waals surface area contributed by atoms with E-state index in [0.717, 1.165) is 5.56 Å². The van der Waals surface area contributed by atoms with Crippen LogP contribution in [0.5, 0.6) is 0 Å². The number of aliphatic hydroxyl groups is 1. The Morgan fingerprint density at radius 1 is 1.41 bits per heavy atom. The van der Waals surface area contributed by atoms with Gasteiger partial charge in [0.15, 0.2) is 0 Å². The van der Waals surface area contributed by atoms with Crippen molar-refractivity contribution in [3.05, 3.63) is 35.9 Å². The number of benzene rings is 1. The summed E-state index contributed by atoms with van der Waals surface area (Å²) in [6, 6.07) is 8.92. The molecule has 0 saturated heterocycles. The Kier molecular flexibility index (Phi) is 5.66. The Morgan fingerprint density at radius 2 is 2.06 bits per heavy atom. The van der Waals surface area contributed by atoms with E-state index in [4.69, 9.17) is 9.84 Å². The first-order chi connectivity index (χ1) is 8.19. The molecule has 94 valence electrons. The van der Waals surface area contributed by atoms with E-state index in [-0.39, 0.29) is 18.5 Å². The maximum absolute atomic E-state index is 11.7. The van der Waals surface area contributed by atoms with Gasteiger partial charge in [-0.25, -0.2) is 4.79 Å². The van der Waals surface area contributed by atoms with Crippen LogP contribution in [0.3, 0.4) is 0 Å². The highest BCUT2D eigenvalue weighted by molar-refractivity contribution is 5.77. The molecule has 0 spiro atoms. The largest absolute Gasteiger partial charge is 0.468 e. The number of methoxy groups -OCH3 is 1. The number of nitrogens with one attached hydrogen (secondary N) is 1. The molecule has 0 saturated carbocycles. The van der Waals surface area contributed by atoms with Gasteiger partial charge in [-0.1, -0.05) is 37.3 Å². The van der Waals surface area contributed by atoms with E-state index in [9.17, 15) is 4.79 Å². The van der Waals surface area contributed by atoms with E-state index in [2.05, 4.69) is 5.32 Å². The summed E-state index contributed by atoms with van der Waals surface area (Å²) >= 11 is 0. The highest BCUT2D eigenvalue weighted by Gasteiger charge is 2.20. The molecule has 2 unspecified atom stereocenters. The molecule has 0 heterocycles. The van der Waals surface area contributed by atoms with Gasteiger partial charge >= 0.3 is 5.97 Å². The third-order valence-corrected chi connectivity index (χ3v) is 2.55. The summed E-state index contributed by atoms with van der Waals surface area (Å²) in [5.74, 6) is -0.216. The first-order valence-electron chi connectivity index (χ1n) is 5.66. The normalized spacial score (nSPS) is 14.1. The van der Waals surface area contributed by atoms with Gasteiger partial charge in [0, 0.05) is 13.2 Å². The van der Waals surface area contributed by atoms with Gasteiger partial charge in [-0.05, 0) is 11.5 Å². The van der Waals surface area contributed by atoms with E-state index in [1.165, 1.54) is 7.11 Å². The SMILES string of the molecule is COC(=O)C(NCC(C)CO)c1ccccc1. The Hall–Kier alpha value is -1.39. The number of esters is 1. The average molecular weight is 237 g/mol. The highest BCUT2D eigenvalue weighted by atomic mass is 16.5. The molecule has 0 fully saturated rings. The molecule has 4 heteroatoms. The second-order valence-corrected chi connectivity index (χ2v) is 4.06. The molecule has 2 N–H and O–H groups in total. The monoisotopic (exact) mass is 237 g/mol. The minimum atomic E-state index is -0.477. The Morgan fingerprint density at radius 3 is 2.59 bits per heavy atom. The van der Waals surface area contributed by atoms with Gasteiger partial charge in [0.25, 0.3) is 0 Å². The Bertz CT molecular complexity index is 340. The number of aliphatic hydroxyl groups excluding tert-OH is 1. The summed E-state index contributed by atoms with van der Waals surface area (Å²) in [6.07, 6.45) is 0. The number of carbonyl (C=O) groups excluding carboxylic acids is 1. The zero-order valence-corrected chi connectivity index (χ0v) is 10.2. The van der Waals surface area contributed by atoms with Crippen LogP contribution in [0.25, 0.3) is 0 Å². The van der Waals surface area contributed by atoms with Crippen LogP contribution in [-0.4, -0.2) is 31.3 Å². The van der Waals surface area contributed by atoms with Crippen molar-refractivity contribution in [2.45, 2.75) is 13.0 Å². The van der Waals surface area contributed by atoms with Crippen molar-refractivity contribution in [1.82, 2.24) is 5.32 Å². The molecule has 17 heavy (non-hydrogen) atoms. The van der Waals surface area contributed by atoms with E-state index in [1.54, 1.807) is 0 Å². The van der Waals surface area contributed by atoms with Crippen molar-refractivity contribution >= 4 is 5.97 Å². The minimum Gasteiger partial charge on any atom is -0.468 e. The summed E-state index contributed by atoms with van der Waals surface area (Å²) < 4.78 is 4.77. The molecular weight excluding hydrogens is 218 g/mol. The number of hydrogen-bond acceptors (Lipinski definition) is 4. The van der Waals surface area contributed by atoms with Gasteiger partial charge in [-0.2, -0.15) is 0 Å². The van der Waals surface area contributed by atoms with Crippen LogP contribution < -0.4 is 5.32 Å². The van der Waals surface area contributed by atoms with Crippen molar-refractivity contribution in [1.29, 1.82) is 0 Å². The molecule has 0 aliphatic rings. The summed E-state index contributed by atoms with van der Waals surface area (Å²) in [4.78, 5) is 11.7. The summed E-state index contributed by atoms with van der Waals surface area (Å²) in [5, 5.41) is 12.1. The third-order valence-electron chi connectivity index (χ3n) is 2.55. The van der Waals surface area contributed by atoms with E-state index < -0.39 is 6.04 Å². The Labute approximate surface area is 102 Å². The first-order valence-corrected chi connectivity index (χ1v) is 5.66. The summed E-state index contributed by atoms with van der Waals surface area (Å²) in [7, 11) is 1.37. The van der Waals surface area contributed by atoms with Crippen molar-refractivity contribution in [3.63, 3.8) is 0 Å². The fourth-order valence-corrected chi connectivity index (χ4v) is 1.48. The van der Waals surface area contributed by atoms with E-state index in [0.29, 0.717) is 6.54 Å². The second-order valence-electron chi connectivity index (χ2n) is 4.06. The maximum atomic E-state index is 11.7. The number of ether oxygens (including phenoxy) is 1. The zero-order chi connectivity index (χ0) is 12.7. The first kappa shape index (κ1) is 13.7. The van der Waals surface area contributed by atoms with Gasteiger partial charge in [0.2, 0.25) is 0 Å². The minimum absolute atomic E-state index is 0.0929. The van der Waals surface area contributed by atoms with Gasteiger partial charge < -0.3 is 15.2 Å². The van der Waals surface area contributed by atoms with Crippen molar-refractivity contribution in [3.8, 4) is 0 Å². The van der Waals surface area contributed by atoms with Crippen LogP contribution in [-0.2, 0) is 9.53 Å². The van der Waals surface area contributed by atoms with Crippen LogP contribution in [0.2, 0.25) is 0 Å². The quantitative estimate of drug-likeness (QED) is 0.728. The average Bonchev–Trinajstić information content (AvgIpc) is 2.39. The topological polar surface area (TPSA) is 58.6 Å². The van der Waals surface area contributed by atoms with Gasteiger partial charge in [0.1, 0.15) is 6.04 Å². The maximum Gasteiger partial charge on any atom is 0.327 e. The lowest BCUT2D eigenvalue weighted by Gasteiger charge is -2.18. The molecule has 0 aliphatic heterocycles. The molecule has 0 aliphatic carbocycles. The van der Waals surface area contributed by atoms with Crippen LogP contribution in [0.4, 0.5) is 0 Å². The molecule has 0 amide bonds. The van der Waals surface area contributed by atoms with Crippen molar-refractivity contribution in [2.24, 2.45) is 5.92 Å². The molecule has 2 atom stereocenters. The van der Waals surface area contributed by atoms with Crippen LogP contribution >= 0.6 is 0 Å². The van der Waals surface area contributed by atoms with Crippen molar-refractivity contribution in [2.75, 3.05) is 20.3 Å². The molecule has 1 rings (SSSR count). The predicted molar refractivity (Wildman–Crippen MR) is 65.5 cm³/mol. The van der Waals surface area contributed by atoms with Gasteiger partial charge in [-0.15, -0.1) is 0 Å². The molecule has 0 bridgehead atoms. The number of hydrogen-bond donors (Lipinski definition) is 2. The number of rotatable bonds is 6. The van der Waals surface area contributed by atoms with Crippen molar-refractivity contribution < 1.29 is 14.6 Å². The standard InChI is InChI=1S/C13H19NO3/c1-10(9-15)8-14-12(13(16)17-2)11-6-4-3-5-7-11/h3-7,10,12,14-15H,8-9H2,1-2H3.